The van der Waals surface area contributed by atoms with Gasteiger partial charge < -0.3 is 0 Å². The molecule has 1 N–H and O–H groups in total. The molecule has 0 saturated heterocycles. The molecule has 0 aliphatic heterocycles. The lowest BCUT2D eigenvalue weighted by Crippen LogP contribution is -2.42. The lowest BCUT2D eigenvalue weighted by atomic mass is 10.1. The van der Waals surface area contributed by atoms with Crippen LogP contribution in [-0.2, 0) is 0 Å². The Hall–Kier alpha value is -2.80. The summed E-state index contributed by atoms with van der Waals surface area (Å²) in [5.74, 6) is -0.227. The quantitative estimate of drug-likeness (QED) is 0.875. The highest BCUT2D eigenvalue weighted by atomic mass is 16.2. The number of nitrogens with zero attached hydrogens (tertiary/aromatic N) is 2. The Morgan fingerprint density at radius 3 is 2.57 bits per heavy atom. The number of anilines is 1. The Bertz CT molecular complexity index is 671. The zero-order valence-electron chi connectivity index (χ0n) is 12.1. The first kappa shape index (κ1) is 14.6. The SMILES string of the molecule is CCN(NC(=O)c1cccc(C#N)c1)c1ccc(C)cc1. The second-order valence-corrected chi connectivity index (χ2v) is 4.71. The summed E-state index contributed by atoms with van der Waals surface area (Å²) >= 11 is 0. The fraction of sp³-hybridized carbons (Fsp3) is 0.176. The number of nitriles is 1. The van der Waals surface area contributed by atoms with Crippen molar-refractivity contribution in [1.82, 2.24) is 5.43 Å². The van der Waals surface area contributed by atoms with E-state index in [4.69, 9.17) is 5.26 Å². The van der Waals surface area contributed by atoms with Gasteiger partial charge in [0, 0.05) is 12.1 Å². The van der Waals surface area contributed by atoms with E-state index >= 15 is 0 Å². The van der Waals surface area contributed by atoms with Crippen molar-refractivity contribution in [3.05, 3.63) is 65.2 Å². The summed E-state index contributed by atoms with van der Waals surface area (Å²) in [6.45, 7) is 4.63. The number of hydrazine groups is 1. The van der Waals surface area contributed by atoms with Gasteiger partial charge >= 0.3 is 0 Å². The lowest BCUT2D eigenvalue weighted by Gasteiger charge is -2.24. The van der Waals surface area contributed by atoms with Crippen LogP contribution in [0.1, 0.15) is 28.4 Å². The van der Waals surface area contributed by atoms with Gasteiger partial charge in [-0.25, -0.2) is 0 Å². The first-order chi connectivity index (χ1) is 10.1. The van der Waals surface area contributed by atoms with Crippen molar-refractivity contribution >= 4 is 11.6 Å². The van der Waals surface area contributed by atoms with E-state index in [0.29, 0.717) is 17.7 Å². The summed E-state index contributed by atoms with van der Waals surface area (Å²) in [5.41, 5.74) is 5.89. The molecule has 0 fully saturated rings. The number of carbonyl (C=O) groups excluding carboxylic acids is 1. The highest BCUT2D eigenvalue weighted by Gasteiger charge is 2.11. The van der Waals surface area contributed by atoms with E-state index in [-0.39, 0.29) is 5.91 Å². The van der Waals surface area contributed by atoms with Gasteiger partial charge in [-0.15, -0.1) is 0 Å². The van der Waals surface area contributed by atoms with Gasteiger partial charge in [-0.2, -0.15) is 5.26 Å². The highest BCUT2D eigenvalue weighted by molar-refractivity contribution is 5.95. The first-order valence-electron chi connectivity index (χ1n) is 6.79. The molecule has 4 heteroatoms. The molecule has 0 radical (unpaired) electrons. The van der Waals surface area contributed by atoms with Crippen molar-refractivity contribution in [3.8, 4) is 6.07 Å². The average molecular weight is 279 g/mol. The number of nitrogens with one attached hydrogen (secondary N) is 1. The third-order valence-electron chi connectivity index (χ3n) is 3.15. The Morgan fingerprint density at radius 1 is 1.24 bits per heavy atom. The zero-order valence-corrected chi connectivity index (χ0v) is 12.1. The first-order valence-corrected chi connectivity index (χ1v) is 6.79. The maximum Gasteiger partial charge on any atom is 0.269 e. The molecule has 106 valence electrons. The summed E-state index contributed by atoms with van der Waals surface area (Å²) in [6.07, 6.45) is 0. The van der Waals surface area contributed by atoms with Crippen molar-refractivity contribution in [2.45, 2.75) is 13.8 Å². The molecule has 0 atom stereocenters. The predicted octanol–water partition coefficient (Wildman–Crippen LogP) is 3.04. The standard InChI is InChI=1S/C17H17N3O/c1-3-20(16-9-7-13(2)8-10-16)19-17(21)15-6-4-5-14(11-15)12-18/h4-11H,3H2,1-2H3,(H,19,21). The van der Waals surface area contributed by atoms with Crippen LogP contribution >= 0.6 is 0 Å². The van der Waals surface area contributed by atoms with Crippen LogP contribution in [0.4, 0.5) is 5.69 Å². The number of benzene rings is 2. The van der Waals surface area contributed by atoms with Gasteiger partial charge in [0.25, 0.3) is 5.91 Å². The summed E-state index contributed by atoms with van der Waals surface area (Å²) < 4.78 is 0. The molecule has 4 nitrogen and oxygen atoms in total. The second kappa shape index (κ2) is 6.58. The topological polar surface area (TPSA) is 56.1 Å². The van der Waals surface area contributed by atoms with Gasteiger partial charge in [-0.05, 0) is 44.2 Å². The Kier molecular flexibility index (Phi) is 4.57. The van der Waals surface area contributed by atoms with Crippen LogP contribution < -0.4 is 10.4 Å². The Morgan fingerprint density at radius 2 is 1.95 bits per heavy atom. The monoisotopic (exact) mass is 279 g/mol. The molecule has 2 rings (SSSR count). The number of hydrogen-bond acceptors (Lipinski definition) is 3. The van der Waals surface area contributed by atoms with Crippen molar-refractivity contribution < 1.29 is 4.79 Å². The third-order valence-corrected chi connectivity index (χ3v) is 3.15. The van der Waals surface area contributed by atoms with Crippen LogP contribution in [0.5, 0.6) is 0 Å². The molecular weight excluding hydrogens is 262 g/mol. The third kappa shape index (κ3) is 3.61. The highest BCUT2D eigenvalue weighted by Crippen LogP contribution is 2.13. The van der Waals surface area contributed by atoms with Gasteiger partial charge in [-0.1, -0.05) is 23.8 Å². The lowest BCUT2D eigenvalue weighted by molar-refractivity contribution is 0.0949. The van der Waals surface area contributed by atoms with Crippen LogP contribution in [0.15, 0.2) is 48.5 Å². The molecule has 0 unspecified atom stereocenters. The second-order valence-electron chi connectivity index (χ2n) is 4.71. The van der Waals surface area contributed by atoms with E-state index < -0.39 is 0 Å². The van der Waals surface area contributed by atoms with Gasteiger partial charge in [0.15, 0.2) is 0 Å². The summed E-state index contributed by atoms with van der Waals surface area (Å²) in [5, 5.41) is 10.7. The van der Waals surface area contributed by atoms with Gasteiger partial charge in [0.2, 0.25) is 0 Å². The fourth-order valence-electron chi connectivity index (χ4n) is 1.97. The van der Waals surface area contributed by atoms with Crippen LogP contribution in [-0.4, -0.2) is 12.5 Å². The van der Waals surface area contributed by atoms with Gasteiger partial charge in [-0.3, -0.25) is 15.2 Å². The smallest absolute Gasteiger partial charge is 0.269 e. The van der Waals surface area contributed by atoms with Crippen LogP contribution in [0.25, 0.3) is 0 Å². The minimum atomic E-state index is -0.227. The van der Waals surface area contributed by atoms with Crippen LogP contribution in [0, 0.1) is 18.3 Å². The molecular formula is C17H17N3O. The van der Waals surface area contributed by atoms with Crippen LogP contribution in [0.2, 0.25) is 0 Å². The molecule has 21 heavy (non-hydrogen) atoms. The van der Waals surface area contributed by atoms with E-state index in [1.165, 1.54) is 5.56 Å². The zero-order chi connectivity index (χ0) is 15.2. The number of rotatable bonds is 4. The Labute approximate surface area is 124 Å². The normalized spacial score (nSPS) is 9.76. The average Bonchev–Trinajstić information content (AvgIpc) is 2.53. The molecule has 1 amide bonds. The van der Waals surface area contributed by atoms with Gasteiger partial charge in [0.05, 0.1) is 17.3 Å². The molecule has 0 heterocycles. The Balaban J connectivity index is 2.16. The minimum Gasteiger partial charge on any atom is -0.286 e. The molecule has 0 aromatic heterocycles. The van der Waals surface area contributed by atoms with Gasteiger partial charge in [0.1, 0.15) is 0 Å². The summed E-state index contributed by atoms with van der Waals surface area (Å²) in [7, 11) is 0. The van der Waals surface area contributed by atoms with Crippen molar-refractivity contribution in [1.29, 1.82) is 5.26 Å². The summed E-state index contributed by atoms with van der Waals surface area (Å²) in [6, 6.07) is 16.6. The largest absolute Gasteiger partial charge is 0.286 e. The van der Waals surface area contributed by atoms with E-state index in [0.717, 1.165) is 5.69 Å². The summed E-state index contributed by atoms with van der Waals surface area (Å²) in [4.78, 5) is 12.3. The maximum atomic E-state index is 12.3. The molecule has 2 aromatic rings. The van der Waals surface area contributed by atoms with Crippen molar-refractivity contribution in [3.63, 3.8) is 0 Å². The molecule has 0 spiro atoms. The van der Waals surface area contributed by atoms with E-state index in [9.17, 15) is 4.79 Å². The molecule has 2 aromatic carbocycles. The molecule has 0 aliphatic carbocycles. The maximum absolute atomic E-state index is 12.3. The van der Waals surface area contributed by atoms with Crippen molar-refractivity contribution in [2.24, 2.45) is 0 Å². The van der Waals surface area contributed by atoms with E-state index in [1.807, 2.05) is 44.2 Å². The predicted molar refractivity (Wildman–Crippen MR) is 82.8 cm³/mol. The van der Waals surface area contributed by atoms with Crippen LogP contribution in [0.3, 0.4) is 0 Å². The molecule has 0 saturated carbocycles. The molecule has 0 aliphatic rings. The number of amides is 1. The minimum absolute atomic E-state index is 0.227. The number of carbonyl (C=O) groups is 1. The fourth-order valence-corrected chi connectivity index (χ4v) is 1.97. The molecule has 0 bridgehead atoms. The number of hydrogen-bond donors (Lipinski definition) is 1. The van der Waals surface area contributed by atoms with E-state index in [1.54, 1.807) is 29.3 Å². The number of aryl methyl sites for hydroxylation is 1. The van der Waals surface area contributed by atoms with Crippen molar-refractivity contribution in [2.75, 3.05) is 11.6 Å². The van der Waals surface area contributed by atoms with E-state index in [2.05, 4.69) is 5.43 Å².